The molecule has 1 aliphatic rings. The maximum Gasteiger partial charge on any atom is 0.341 e. The van der Waals surface area contributed by atoms with Gasteiger partial charge in [-0.2, -0.15) is 0 Å². The lowest BCUT2D eigenvalue weighted by molar-refractivity contribution is -0.139. The van der Waals surface area contributed by atoms with Crippen molar-refractivity contribution in [1.82, 2.24) is 0 Å². The number of amides is 1. The number of aliphatic carboxylic acids is 1. The predicted molar refractivity (Wildman–Crippen MR) is 112 cm³/mol. The molecule has 0 spiro atoms. The average molecular weight is 413 g/mol. The average Bonchev–Trinajstić information content (AvgIpc) is 2.94. The first-order valence-corrected chi connectivity index (χ1v) is 9.42. The molecular weight excluding hydrogens is 398 g/mol. The third-order valence-electron chi connectivity index (χ3n) is 3.88. The summed E-state index contributed by atoms with van der Waals surface area (Å²) in [5.41, 5.74) is 1.71. The predicted octanol–water partition coefficient (Wildman–Crippen LogP) is 3.76. The zero-order valence-corrected chi connectivity index (χ0v) is 16.4. The van der Waals surface area contributed by atoms with E-state index in [-0.39, 0.29) is 11.7 Å². The van der Waals surface area contributed by atoms with Crippen LogP contribution in [0, 0.1) is 0 Å². The van der Waals surface area contributed by atoms with Crippen LogP contribution in [0.3, 0.4) is 0 Å². The van der Waals surface area contributed by atoms with E-state index in [2.05, 4.69) is 0 Å². The lowest BCUT2D eigenvalue weighted by atomic mass is 10.1. The highest BCUT2D eigenvalue weighted by Gasteiger charge is 2.33. The van der Waals surface area contributed by atoms with E-state index in [1.54, 1.807) is 54.6 Å². The molecule has 0 unspecified atom stereocenters. The van der Waals surface area contributed by atoms with Crippen LogP contribution in [0.25, 0.3) is 6.08 Å². The highest BCUT2D eigenvalue weighted by Crippen LogP contribution is 2.37. The number of thiocarbonyl (C=S) groups is 1. The molecule has 3 rings (SSSR count). The molecule has 1 aliphatic heterocycles. The van der Waals surface area contributed by atoms with Crippen molar-refractivity contribution in [2.45, 2.75) is 6.92 Å². The van der Waals surface area contributed by atoms with Crippen LogP contribution < -0.4 is 9.64 Å². The molecular formula is C20H15NO5S2. The van der Waals surface area contributed by atoms with Crippen LogP contribution in [0.5, 0.6) is 5.75 Å². The van der Waals surface area contributed by atoms with Crippen LogP contribution in [0.15, 0.2) is 53.4 Å². The van der Waals surface area contributed by atoms with Crippen LogP contribution >= 0.6 is 24.0 Å². The van der Waals surface area contributed by atoms with E-state index in [0.29, 0.717) is 31.8 Å². The fourth-order valence-corrected chi connectivity index (χ4v) is 3.84. The quantitative estimate of drug-likeness (QED) is 0.438. The van der Waals surface area contributed by atoms with Crippen LogP contribution in [0.2, 0.25) is 0 Å². The smallest absolute Gasteiger partial charge is 0.341 e. The topological polar surface area (TPSA) is 83.9 Å². The van der Waals surface area contributed by atoms with Crippen molar-refractivity contribution in [3.63, 3.8) is 0 Å². The number of carbonyl (C=O) groups excluding carboxylic acids is 2. The number of carboxylic acids is 1. The Morgan fingerprint density at radius 3 is 2.50 bits per heavy atom. The first kappa shape index (κ1) is 19.8. The summed E-state index contributed by atoms with van der Waals surface area (Å²) in [7, 11) is 0. The number of hydrogen-bond donors (Lipinski definition) is 1. The summed E-state index contributed by atoms with van der Waals surface area (Å²) < 4.78 is 5.65. The first-order valence-electron chi connectivity index (χ1n) is 8.19. The zero-order chi connectivity index (χ0) is 20.3. The second-order valence-electron chi connectivity index (χ2n) is 5.84. The van der Waals surface area contributed by atoms with Gasteiger partial charge in [0.25, 0.3) is 5.91 Å². The van der Waals surface area contributed by atoms with E-state index in [1.165, 1.54) is 11.8 Å². The Bertz CT molecular complexity index is 998. The van der Waals surface area contributed by atoms with Crippen molar-refractivity contribution in [2.24, 2.45) is 0 Å². The molecule has 0 atom stereocenters. The summed E-state index contributed by atoms with van der Waals surface area (Å²) in [6.07, 6.45) is 1.63. The Morgan fingerprint density at radius 1 is 1.18 bits per heavy atom. The summed E-state index contributed by atoms with van der Waals surface area (Å²) in [4.78, 5) is 36.8. The van der Waals surface area contributed by atoms with Gasteiger partial charge >= 0.3 is 5.97 Å². The molecule has 1 N–H and O–H groups in total. The molecule has 0 aromatic heterocycles. The SMILES string of the molecule is CC(=O)c1ccc(N2C(=O)/C(=C\c3ccccc3OCC(=O)O)SC2=S)cc1. The molecule has 142 valence electrons. The molecule has 0 bridgehead atoms. The minimum atomic E-state index is -1.09. The molecule has 1 fully saturated rings. The van der Waals surface area contributed by atoms with Crippen LogP contribution in [0.1, 0.15) is 22.8 Å². The maximum atomic E-state index is 12.9. The zero-order valence-electron chi connectivity index (χ0n) is 14.7. The van der Waals surface area contributed by atoms with Crippen LogP contribution in [-0.4, -0.2) is 33.7 Å². The number of hydrogen-bond acceptors (Lipinski definition) is 6. The number of ketones is 1. The number of rotatable bonds is 6. The van der Waals surface area contributed by atoms with Crippen molar-refractivity contribution in [2.75, 3.05) is 11.5 Å². The minimum absolute atomic E-state index is 0.0604. The molecule has 28 heavy (non-hydrogen) atoms. The fraction of sp³-hybridized carbons (Fsp3) is 0.100. The van der Waals surface area contributed by atoms with Crippen molar-refractivity contribution in [3.8, 4) is 5.75 Å². The third-order valence-corrected chi connectivity index (χ3v) is 5.18. The molecule has 1 saturated heterocycles. The highest BCUT2D eigenvalue weighted by atomic mass is 32.2. The number of carbonyl (C=O) groups is 3. The van der Waals surface area contributed by atoms with E-state index in [9.17, 15) is 14.4 Å². The monoisotopic (exact) mass is 413 g/mol. The second-order valence-corrected chi connectivity index (χ2v) is 7.52. The number of nitrogens with zero attached hydrogens (tertiary/aromatic N) is 1. The third kappa shape index (κ3) is 4.29. The van der Waals surface area contributed by atoms with Gasteiger partial charge in [0.1, 0.15) is 5.75 Å². The summed E-state index contributed by atoms with van der Waals surface area (Å²) in [5.74, 6) is -1.08. The molecule has 0 saturated carbocycles. The van der Waals surface area contributed by atoms with Crippen LogP contribution in [-0.2, 0) is 9.59 Å². The van der Waals surface area contributed by atoms with E-state index >= 15 is 0 Å². The van der Waals surface area contributed by atoms with E-state index in [4.69, 9.17) is 22.1 Å². The Morgan fingerprint density at radius 2 is 1.86 bits per heavy atom. The number of para-hydroxylation sites is 1. The van der Waals surface area contributed by atoms with Crippen molar-refractivity contribution in [3.05, 3.63) is 64.6 Å². The summed E-state index contributed by atoms with van der Waals surface area (Å²) in [5, 5.41) is 8.80. The second kappa shape index (κ2) is 8.37. The van der Waals surface area contributed by atoms with Gasteiger partial charge in [0.15, 0.2) is 16.7 Å². The first-order chi connectivity index (χ1) is 13.4. The summed E-state index contributed by atoms with van der Waals surface area (Å²) in [6, 6.07) is 13.5. The molecule has 6 nitrogen and oxygen atoms in total. The Balaban J connectivity index is 1.87. The van der Waals surface area contributed by atoms with Gasteiger partial charge in [0.05, 0.1) is 10.6 Å². The molecule has 2 aromatic carbocycles. The number of anilines is 1. The van der Waals surface area contributed by atoms with E-state index in [1.807, 2.05) is 0 Å². The van der Waals surface area contributed by atoms with Gasteiger partial charge in [-0.05, 0) is 43.3 Å². The standard InChI is InChI=1S/C20H15NO5S2/c1-12(22)13-6-8-15(9-7-13)21-19(25)17(28-20(21)27)10-14-4-2-3-5-16(14)26-11-18(23)24/h2-10H,11H2,1H3,(H,23,24)/b17-10+. The van der Waals surface area contributed by atoms with E-state index < -0.39 is 12.6 Å². The Hall–Kier alpha value is -2.97. The molecule has 8 heteroatoms. The lowest BCUT2D eigenvalue weighted by Gasteiger charge is -2.14. The molecule has 0 radical (unpaired) electrons. The van der Waals surface area contributed by atoms with Crippen molar-refractivity contribution in [1.29, 1.82) is 0 Å². The van der Waals surface area contributed by atoms with E-state index in [0.717, 1.165) is 11.8 Å². The van der Waals surface area contributed by atoms with Crippen molar-refractivity contribution < 1.29 is 24.2 Å². The van der Waals surface area contributed by atoms with Gasteiger partial charge in [-0.15, -0.1) is 0 Å². The van der Waals surface area contributed by atoms with Gasteiger partial charge < -0.3 is 9.84 Å². The van der Waals surface area contributed by atoms with Gasteiger partial charge in [-0.3, -0.25) is 14.5 Å². The maximum absolute atomic E-state index is 12.9. The Labute approximate surface area is 170 Å². The van der Waals surface area contributed by atoms with Gasteiger partial charge in [-0.1, -0.05) is 42.2 Å². The lowest BCUT2D eigenvalue weighted by Crippen LogP contribution is -2.27. The number of benzene rings is 2. The largest absolute Gasteiger partial charge is 0.481 e. The molecule has 0 aliphatic carbocycles. The minimum Gasteiger partial charge on any atom is -0.481 e. The number of Topliss-reactive ketones (excluding diaryl/α,β-unsaturated/α-hetero) is 1. The molecule has 1 amide bonds. The fourth-order valence-electron chi connectivity index (χ4n) is 2.55. The summed E-state index contributed by atoms with van der Waals surface area (Å²) >= 11 is 6.49. The number of ether oxygens (including phenoxy) is 1. The molecule has 2 aromatic rings. The van der Waals surface area contributed by atoms with Gasteiger partial charge in [0, 0.05) is 11.1 Å². The number of thioether (sulfide) groups is 1. The highest BCUT2D eigenvalue weighted by molar-refractivity contribution is 8.27. The van der Waals surface area contributed by atoms with Crippen LogP contribution in [0.4, 0.5) is 5.69 Å². The number of carboxylic acid groups (broad SMARTS) is 1. The van der Waals surface area contributed by atoms with Gasteiger partial charge in [-0.25, -0.2) is 4.79 Å². The van der Waals surface area contributed by atoms with Crippen molar-refractivity contribution >= 4 is 57.7 Å². The molecule has 1 heterocycles. The Kier molecular flexibility index (Phi) is 5.91. The normalized spacial score (nSPS) is 15.2. The summed E-state index contributed by atoms with van der Waals surface area (Å²) in [6.45, 7) is 0.996. The van der Waals surface area contributed by atoms with Gasteiger partial charge in [0.2, 0.25) is 0 Å².